The van der Waals surface area contributed by atoms with Gasteiger partial charge in [-0.25, -0.2) is 9.59 Å². The number of nitrogens with one attached hydrogen (secondary N) is 2. The van der Waals surface area contributed by atoms with E-state index in [1.165, 1.54) is 19.3 Å². The van der Waals surface area contributed by atoms with E-state index in [2.05, 4.69) is 30.3 Å². The Morgan fingerprint density at radius 2 is 1.72 bits per heavy atom. The number of rotatable bonds is 9. The van der Waals surface area contributed by atoms with E-state index in [0.717, 1.165) is 18.9 Å². The second-order valence-corrected chi connectivity index (χ2v) is 16.0. The van der Waals surface area contributed by atoms with Gasteiger partial charge >= 0.3 is 12.2 Å². The highest BCUT2D eigenvalue weighted by Gasteiger charge is 2.28. The Morgan fingerprint density at radius 1 is 1.10 bits per heavy atom. The van der Waals surface area contributed by atoms with E-state index in [0.29, 0.717) is 18.9 Å². The first-order valence-corrected chi connectivity index (χ1v) is 14.6. The van der Waals surface area contributed by atoms with E-state index in [1.807, 2.05) is 0 Å². The fraction of sp³-hybridized carbons (Fsp3) is 0.905. The number of amides is 2. The lowest BCUT2D eigenvalue weighted by Gasteiger charge is -2.31. The molecule has 0 aliphatic heterocycles. The Kier molecular flexibility index (Phi) is 10.5. The Balaban J connectivity index is 2.55. The van der Waals surface area contributed by atoms with Gasteiger partial charge in [0, 0.05) is 14.6 Å². The van der Waals surface area contributed by atoms with Crippen LogP contribution >= 0.6 is 0 Å². The van der Waals surface area contributed by atoms with Crippen molar-refractivity contribution in [1.82, 2.24) is 10.6 Å². The lowest BCUT2D eigenvalue weighted by Crippen LogP contribution is -2.50. The van der Waals surface area contributed by atoms with Crippen molar-refractivity contribution >= 4 is 20.3 Å². The maximum Gasteiger partial charge on any atom is 0.407 e. The summed E-state index contributed by atoms with van der Waals surface area (Å²) in [6, 6.07) is 0.420. The highest BCUT2D eigenvalue weighted by molar-refractivity contribution is 6.76. The largest absolute Gasteiger partial charge is 0.450 e. The molecule has 0 aromatic rings. The summed E-state index contributed by atoms with van der Waals surface area (Å²) in [7, 11) is -1.27. The highest BCUT2D eigenvalue weighted by atomic mass is 28.3. The van der Waals surface area contributed by atoms with Crippen LogP contribution < -0.4 is 10.6 Å². The molecule has 0 unspecified atom stereocenters. The van der Waals surface area contributed by atoms with Crippen LogP contribution in [0.2, 0.25) is 25.7 Å². The second-order valence-electron chi connectivity index (χ2n) is 10.4. The van der Waals surface area contributed by atoms with Gasteiger partial charge in [0.05, 0.1) is 18.8 Å². The summed E-state index contributed by atoms with van der Waals surface area (Å²) in [6.07, 6.45) is 4.50. The van der Waals surface area contributed by atoms with Crippen LogP contribution in [0.1, 0.15) is 59.3 Å². The molecule has 0 heterocycles. The fourth-order valence-corrected chi connectivity index (χ4v) is 4.10. The van der Waals surface area contributed by atoms with Crippen LogP contribution in [0, 0.1) is 5.92 Å². The Morgan fingerprint density at radius 3 is 2.28 bits per heavy atom. The lowest BCUT2D eigenvalue weighted by atomic mass is 9.83. The van der Waals surface area contributed by atoms with Gasteiger partial charge in [-0.1, -0.05) is 51.7 Å². The summed E-state index contributed by atoms with van der Waals surface area (Å²) in [4.78, 5) is 24.2. The summed E-state index contributed by atoms with van der Waals surface area (Å²) in [5, 5.41) is 16.1. The molecule has 1 fully saturated rings. The zero-order chi connectivity index (χ0) is 22.1. The lowest BCUT2D eigenvalue weighted by molar-refractivity contribution is 0.0391. The smallest absolute Gasteiger partial charge is 0.407 e. The molecule has 1 aliphatic carbocycles. The van der Waals surface area contributed by atoms with E-state index in [9.17, 15) is 14.7 Å². The van der Waals surface area contributed by atoms with Crippen molar-refractivity contribution in [2.75, 3.05) is 13.2 Å². The molecule has 29 heavy (non-hydrogen) atoms. The maximum absolute atomic E-state index is 12.2. The third-order valence-electron chi connectivity index (χ3n) is 5.02. The monoisotopic (exact) mass is 430 g/mol. The Bertz CT molecular complexity index is 510. The van der Waals surface area contributed by atoms with Crippen LogP contribution in [0.5, 0.6) is 0 Å². The number of carbonyl (C=O) groups is 2. The predicted octanol–water partition coefficient (Wildman–Crippen LogP) is 4.28. The molecule has 1 aliphatic rings. The first kappa shape index (κ1) is 25.8. The van der Waals surface area contributed by atoms with Gasteiger partial charge < -0.3 is 25.2 Å². The first-order chi connectivity index (χ1) is 13.4. The Hall–Kier alpha value is -1.28. The van der Waals surface area contributed by atoms with Crippen LogP contribution in [0.25, 0.3) is 0 Å². The minimum absolute atomic E-state index is 0.0268. The number of ether oxygens (including phenoxy) is 2. The van der Waals surface area contributed by atoms with E-state index in [1.54, 1.807) is 20.8 Å². The first-order valence-electron chi connectivity index (χ1n) is 10.9. The van der Waals surface area contributed by atoms with Gasteiger partial charge in [-0.15, -0.1) is 0 Å². The second kappa shape index (κ2) is 11.8. The van der Waals surface area contributed by atoms with Crippen molar-refractivity contribution in [3.8, 4) is 0 Å². The van der Waals surface area contributed by atoms with Gasteiger partial charge in [0.25, 0.3) is 0 Å². The molecule has 0 saturated heterocycles. The molecule has 3 N–H and O–H groups in total. The molecule has 0 radical (unpaired) electrons. The third kappa shape index (κ3) is 12.8. The average Bonchev–Trinajstić information content (AvgIpc) is 2.57. The number of hydrogen-bond donors (Lipinski definition) is 3. The van der Waals surface area contributed by atoms with Gasteiger partial charge in [-0.2, -0.15) is 0 Å². The molecule has 170 valence electrons. The maximum atomic E-state index is 12.2. The van der Waals surface area contributed by atoms with E-state index in [4.69, 9.17) is 9.47 Å². The zero-order valence-electron chi connectivity index (χ0n) is 19.2. The van der Waals surface area contributed by atoms with Gasteiger partial charge in [0.15, 0.2) is 0 Å². The quantitative estimate of drug-likeness (QED) is 0.475. The standard InChI is InChI=1S/C21H42N2O5Si/c1-21(2,3)28-20(26)23-17(14-16-10-8-7-9-11-16)18(24)15-22-19(25)27-12-13-29(4,5)6/h16-18,24H,7-15H2,1-6H3,(H,22,25)(H,23,26)/t17-,18-/m0/s1. The summed E-state index contributed by atoms with van der Waals surface area (Å²) >= 11 is 0. The summed E-state index contributed by atoms with van der Waals surface area (Å²) in [6.45, 7) is 12.5. The van der Waals surface area contributed by atoms with Crippen LogP contribution in [0.4, 0.5) is 9.59 Å². The number of alkyl carbamates (subject to hydrolysis) is 2. The van der Waals surface area contributed by atoms with Crippen molar-refractivity contribution in [3.05, 3.63) is 0 Å². The van der Waals surface area contributed by atoms with E-state index in [-0.39, 0.29) is 6.54 Å². The normalized spacial score (nSPS) is 17.9. The molecule has 0 bridgehead atoms. The van der Waals surface area contributed by atoms with Crippen molar-refractivity contribution in [2.24, 2.45) is 5.92 Å². The zero-order valence-corrected chi connectivity index (χ0v) is 20.2. The third-order valence-corrected chi connectivity index (χ3v) is 6.72. The average molecular weight is 431 g/mol. The SMILES string of the molecule is CC(C)(C)OC(=O)N[C@@H](CC1CCCCC1)[C@@H](O)CNC(=O)OCC[Si](C)(C)C. The highest BCUT2D eigenvalue weighted by Crippen LogP contribution is 2.28. The fourth-order valence-electron chi connectivity index (χ4n) is 3.38. The van der Waals surface area contributed by atoms with Crippen molar-refractivity contribution in [2.45, 2.75) is 103 Å². The van der Waals surface area contributed by atoms with Crippen molar-refractivity contribution in [1.29, 1.82) is 0 Å². The molecule has 0 aromatic carbocycles. The summed E-state index contributed by atoms with van der Waals surface area (Å²) < 4.78 is 10.6. The summed E-state index contributed by atoms with van der Waals surface area (Å²) in [5.41, 5.74) is -0.608. The van der Waals surface area contributed by atoms with Crippen LogP contribution in [-0.2, 0) is 9.47 Å². The molecule has 2 amide bonds. The molecule has 2 atom stereocenters. The van der Waals surface area contributed by atoms with E-state index >= 15 is 0 Å². The molecule has 1 rings (SSSR count). The van der Waals surface area contributed by atoms with Gasteiger partial charge in [-0.05, 0) is 39.2 Å². The molecule has 1 saturated carbocycles. The molecular formula is C21H42N2O5Si. The number of aliphatic hydroxyl groups is 1. The van der Waals surface area contributed by atoms with E-state index < -0.39 is 38.0 Å². The number of hydrogen-bond acceptors (Lipinski definition) is 5. The minimum Gasteiger partial charge on any atom is -0.450 e. The predicted molar refractivity (Wildman–Crippen MR) is 118 cm³/mol. The van der Waals surface area contributed by atoms with Gasteiger partial charge in [-0.3, -0.25) is 0 Å². The minimum atomic E-state index is -1.27. The molecular weight excluding hydrogens is 388 g/mol. The van der Waals surface area contributed by atoms with Crippen LogP contribution in [0.15, 0.2) is 0 Å². The topological polar surface area (TPSA) is 96.9 Å². The molecule has 0 spiro atoms. The van der Waals surface area contributed by atoms with Crippen LogP contribution in [-0.4, -0.2) is 56.3 Å². The Labute approximate surface area is 177 Å². The molecule has 0 aromatic heterocycles. The number of aliphatic hydroxyl groups excluding tert-OH is 1. The van der Waals surface area contributed by atoms with Crippen molar-refractivity contribution < 1.29 is 24.2 Å². The van der Waals surface area contributed by atoms with Gasteiger partial charge in [0.1, 0.15) is 5.60 Å². The molecule has 7 nitrogen and oxygen atoms in total. The van der Waals surface area contributed by atoms with Gasteiger partial charge in [0.2, 0.25) is 0 Å². The van der Waals surface area contributed by atoms with Crippen LogP contribution in [0.3, 0.4) is 0 Å². The molecule has 8 heteroatoms. The summed E-state index contributed by atoms with van der Waals surface area (Å²) in [5.74, 6) is 0.460. The number of carbonyl (C=O) groups excluding carboxylic acids is 2. The van der Waals surface area contributed by atoms with Crippen molar-refractivity contribution in [3.63, 3.8) is 0 Å².